The molecule has 2 heterocycles. The number of benzene rings is 1. The van der Waals surface area contributed by atoms with E-state index in [-0.39, 0.29) is 12.5 Å². The monoisotopic (exact) mass is 393 g/mol. The van der Waals surface area contributed by atoms with Crippen LogP contribution in [0, 0.1) is 0 Å². The van der Waals surface area contributed by atoms with Gasteiger partial charge in [-0.15, -0.1) is 0 Å². The molecule has 0 radical (unpaired) electrons. The second-order valence-corrected chi connectivity index (χ2v) is 7.61. The summed E-state index contributed by atoms with van der Waals surface area (Å²) in [5.74, 6) is 1.38. The minimum atomic E-state index is 0.0600. The number of nitrogens with two attached hydrogens (primary N) is 1. The molecule has 0 atom stereocenters. The minimum Gasteiger partial charge on any atom is -0.493 e. The molecule has 0 spiro atoms. The van der Waals surface area contributed by atoms with Crippen LogP contribution in [0.15, 0.2) is 18.2 Å². The Hall–Kier alpha value is -1.83. The first kappa shape index (κ1) is 20.9. The van der Waals surface area contributed by atoms with Gasteiger partial charge in [-0.2, -0.15) is 0 Å². The summed E-state index contributed by atoms with van der Waals surface area (Å²) in [5, 5.41) is 2.33. The van der Waals surface area contributed by atoms with Crippen LogP contribution in [0.5, 0.6) is 11.5 Å². The van der Waals surface area contributed by atoms with Crippen LogP contribution >= 0.6 is 0 Å². The van der Waals surface area contributed by atoms with Crippen molar-refractivity contribution in [3.63, 3.8) is 0 Å². The van der Waals surface area contributed by atoms with E-state index in [0.29, 0.717) is 11.5 Å². The molecule has 1 amide bonds. The quantitative estimate of drug-likeness (QED) is 0.532. The predicted molar refractivity (Wildman–Crippen MR) is 106 cm³/mol. The number of methoxy groups -OCH3 is 1. The molecule has 156 valence electrons. The zero-order valence-corrected chi connectivity index (χ0v) is 17.1. The highest BCUT2D eigenvalue weighted by Crippen LogP contribution is 2.28. The molecule has 0 unspecified atom stereocenters. The number of nitrogens with one attached hydrogen (secondary N) is 1. The number of morpholine rings is 1. The summed E-state index contributed by atoms with van der Waals surface area (Å²) in [5.41, 5.74) is 1.20. The fourth-order valence-electron chi connectivity index (χ4n) is 3.82. The van der Waals surface area contributed by atoms with Gasteiger partial charge in [0.15, 0.2) is 18.1 Å². The van der Waals surface area contributed by atoms with Crippen LogP contribution in [-0.2, 0) is 16.1 Å². The molecule has 2 saturated heterocycles. The number of hydrogen-bond acceptors (Lipinski definition) is 4. The van der Waals surface area contributed by atoms with Gasteiger partial charge in [-0.05, 0) is 37.5 Å². The number of quaternary nitrogens is 2. The molecule has 2 fully saturated rings. The Bertz CT molecular complexity index is 614. The van der Waals surface area contributed by atoms with Gasteiger partial charge in [-0.25, -0.2) is 0 Å². The van der Waals surface area contributed by atoms with Crippen molar-refractivity contribution in [3.05, 3.63) is 23.8 Å². The molecule has 28 heavy (non-hydrogen) atoms. The van der Waals surface area contributed by atoms with E-state index < -0.39 is 0 Å². The molecule has 2 aliphatic heterocycles. The standard InChI is InChI=1S/C21H33N3O4/c1-26-20-15-18(16-22-7-10-23-11-13-27-14-12-23)5-6-19(20)28-17-21(25)24-8-3-2-4-9-24/h5-6,15,22H,2-4,7-14,16-17H2,1H3/p+2. The third-order valence-electron chi connectivity index (χ3n) is 5.57. The second-order valence-electron chi connectivity index (χ2n) is 7.61. The van der Waals surface area contributed by atoms with Crippen LogP contribution in [0.1, 0.15) is 24.8 Å². The van der Waals surface area contributed by atoms with Crippen molar-refractivity contribution in [1.82, 2.24) is 4.90 Å². The lowest BCUT2D eigenvalue weighted by molar-refractivity contribution is -0.920. The predicted octanol–water partition coefficient (Wildman–Crippen LogP) is -0.935. The summed E-state index contributed by atoms with van der Waals surface area (Å²) in [7, 11) is 1.64. The first-order chi connectivity index (χ1) is 13.8. The van der Waals surface area contributed by atoms with Gasteiger partial charge in [0, 0.05) is 18.7 Å². The first-order valence-corrected chi connectivity index (χ1v) is 10.6. The molecule has 0 saturated carbocycles. The Labute approximate surface area is 167 Å². The molecule has 1 aromatic carbocycles. The number of ether oxygens (including phenoxy) is 3. The van der Waals surface area contributed by atoms with Gasteiger partial charge in [0.1, 0.15) is 32.7 Å². The molecule has 7 heteroatoms. The topological polar surface area (TPSA) is 69.0 Å². The lowest BCUT2D eigenvalue weighted by atomic mass is 10.1. The van der Waals surface area contributed by atoms with E-state index in [1.54, 1.807) is 12.0 Å². The number of carbonyl (C=O) groups excluding carboxylic acids is 1. The van der Waals surface area contributed by atoms with Gasteiger partial charge in [0.05, 0.1) is 20.3 Å². The zero-order chi connectivity index (χ0) is 19.6. The van der Waals surface area contributed by atoms with E-state index in [2.05, 4.69) is 11.4 Å². The summed E-state index contributed by atoms with van der Waals surface area (Å²) < 4.78 is 16.6. The molecular formula is C21H35N3O4+2. The van der Waals surface area contributed by atoms with Crippen LogP contribution in [0.4, 0.5) is 0 Å². The van der Waals surface area contributed by atoms with Crippen LogP contribution in [0.3, 0.4) is 0 Å². The largest absolute Gasteiger partial charge is 0.493 e. The fourth-order valence-corrected chi connectivity index (χ4v) is 3.82. The van der Waals surface area contributed by atoms with Crippen molar-refractivity contribution < 1.29 is 29.2 Å². The molecule has 1 aromatic rings. The summed E-state index contributed by atoms with van der Waals surface area (Å²) in [4.78, 5) is 15.8. The minimum absolute atomic E-state index is 0.0600. The summed E-state index contributed by atoms with van der Waals surface area (Å²) in [6.45, 7) is 8.94. The molecule has 0 bridgehead atoms. The van der Waals surface area contributed by atoms with Crippen LogP contribution in [-0.4, -0.2) is 77.0 Å². The van der Waals surface area contributed by atoms with Gasteiger partial charge < -0.3 is 29.3 Å². The van der Waals surface area contributed by atoms with E-state index in [4.69, 9.17) is 14.2 Å². The Morgan fingerprint density at radius 3 is 2.71 bits per heavy atom. The lowest BCUT2D eigenvalue weighted by Crippen LogP contribution is -3.16. The normalized spacial score (nSPS) is 18.1. The van der Waals surface area contributed by atoms with Crippen molar-refractivity contribution in [2.24, 2.45) is 0 Å². The van der Waals surface area contributed by atoms with E-state index in [9.17, 15) is 4.79 Å². The average molecular weight is 394 g/mol. The maximum absolute atomic E-state index is 12.3. The molecule has 3 rings (SSSR count). The zero-order valence-electron chi connectivity index (χ0n) is 17.1. The summed E-state index contributed by atoms with van der Waals surface area (Å²) in [6.07, 6.45) is 3.39. The van der Waals surface area contributed by atoms with E-state index in [1.807, 2.05) is 17.0 Å². The Morgan fingerprint density at radius 2 is 1.96 bits per heavy atom. The smallest absolute Gasteiger partial charge is 0.260 e. The van der Waals surface area contributed by atoms with Crippen molar-refractivity contribution in [2.45, 2.75) is 25.8 Å². The lowest BCUT2D eigenvalue weighted by Gasteiger charge is -2.26. The fraction of sp³-hybridized carbons (Fsp3) is 0.667. The number of piperidine rings is 1. The van der Waals surface area contributed by atoms with Crippen molar-refractivity contribution in [3.8, 4) is 11.5 Å². The maximum atomic E-state index is 12.3. The number of nitrogens with zero attached hydrogens (tertiary/aromatic N) is 1. The third kappa shape index (κ3) is 6.36. The number of rotatable bonds is 9. The van der Waals surface area contributed by atoms with Crippen LogP contribution in [0.2, 0.25) is 0 Å². The van der Waals surface area contributed by atoms with E-state index in [1.165, 1.54) is 18.5 Å². The van der Waals surface area contributed by atoms with Crippen LogP contribution in [0.25, 0.3) is 0 Å². The molecule has 7 nitrogen and oxygen atoms in total. The highest BCUT2D eigenvalue weighted by Gasteiger charge is 2.18. The SMILES string of the molecule is COc1cc(C[NH2+]CC[NH+]2CCOCC2)ccc1OCC(=O)N1CCCCC1. The molecule has 0 aromatic heterocycles. The Kier molecular flexibility index (Phi) is 8.39. The number of amides is 1. The highest BCUT2D eigenvalue weighted by molar-refractivity contribution is 5.78. The summed E-state index contributed by atoms with van der Waals surface area (Å²) in [6, 6.07) is 5.98. The van der Waals surface area contributed by atoms with Gasteiger partial charge in [0.25, 0.3) is 5.91 Å². The molecule has 2 aliphatic rings. The first-order valence-electron chi connectivity index (χ1n) is 10.6. The third-order valence-corrected chi connectivity index (χ3v) is 5.57. The average Bonchev–Trinajstić information content (AvgIpc) is 2.76. The Morgan fingerprint density at radius 1 is 1.18 bits per heavy atom. The number of likely N-dealkylation sites (tertiary alicyclic amines) is 1. The van der Waals surface area contributed by atoms with Crippen molar-refractivity contribution in [2.75, 3.05) is 66.2 Å². The van der Waals surface area contributed by atoms with Gasteiger partial charge >= 0.3 is 0 Å². The Balaban J connectivity index is 1.42. The highest BCUT2D eigenvalue weighted by atomic mass is 16.5. The van der Waals surface area contributed by atoms with Gasteiger partial charge in [0.2, 0.25) is 0 Å². The maximum Gasteiger partial charge on any atom is 0.260 e. The molecular weight excluding hydrogens is 358 g/mol. The van der Waals surface area contributed by atoms with E-state index in [0.717, 1.165) is 65.3 Å². The van der Waals surface area contributed by atoms with Crippen molar-refractivity contribution >= 4 is 5.91 Å². The van der Waals surface area contributed by atoms with Gasteiger partial charge in [-0.3, -0.25) is 4.79 Å². The second kappa shape index (κ2) is 11.2. The van der Waals surface area contributed by atoms with Crippen molar-refractivity contribution in [1.29, 1.82) is 0 Å². The van der Waals surface area contributed by atoms with Gasteiger partial charge in [-0.1, -0.05) is 0 Å². The van der Waals surface area contributed by atoms with Crippen LogP contribution < -0.4 is 19.7 Å². The number of carbonyl (C=O) groups is 1. The number of hydrogen-bond donors (Lipinski definition) is 2. The molecule has 0 aliphatic carbocycles. The van der Waals surface area contributed by atoms with E-state index >= 15 is 0 Å². The summed E-state index contributed by atoms with van der Waals surface area (Å²) >= 11 is 0. The molecule has 3 N–H and O–H groups in total.